The number of nitrogens with zero attached hydrogens (tertiary/aromatic N) is 3. The number of thiazole rings is 1. The van der Waals surface area contributed by atoms with Crippen molar-refractivity contribution in [1.29, 1.82) is 0 Å². The van der Waals surface area contributed by atoms with Crippen LogP contribution in [0.25, 0.3) is 0 Å². The lowest BCUT2D eigenvalue weighted by Gasteiger charge is -2.17. The van der Waals surface area contributed by atoms with Gasteiger partial charge in [-0.05, 0) is 32.6 Å². The number of methoxy groups -OCH3 is 1. The van der Waals surface area contributed by atoms with Gasteiger partial charge >= 0.3 is 0 Å². The molecule has 0 saturated heterocycles. The number of aromatic nitrogens is 1. The van der Waals surface area contributed by atoms with E-state index in [9.17, 15) is 0 Å². The normalized spacial score (nSPS) is 11.1. The van der Waals surface area contributed by atoms with E-state index in [0.717, 1.165) is 43.7 Å². The fourth-order valence-corrected chi connectivity index (χ4v) is 2.88. The van der Waals surface area contributed by atoms with Crippen LogP contribution in [0.4, 0.5) is 5.13 Å². The molecule has 1 aromatic rings. The third-order valence-electron chi connectivity index (χ3n) is 3.23. The van der Waals surface area contributed by atoms with Crippen LogP contribution in [-0.4, -0.2) is 57.3 Å². The van der Waals surface area contributed by atoms with E-state index in [1.807, 2.05) is 19.0 Å². The molecule has 116 valence electrons. The molecule has 0 aromatic carbocycles. The lowest BCUT2D eigenvalue weighted by molar-refractivity contribution is 0.298. The van der Waals surface area contributed by atoms with Crippen molar-refractivity contribution in [3.05, 3.63) is 4.88 Å². The Morgan fingerprint density at radius 2 is 1.95 bits per heavy atom. The zero-order chi connectivity index (χ0) is 15.0. The first kappa shape index (κ1) is 17.2. The molecular formula is C14H28N4OS. The molecule has 0 radical (unpaired) electrons. The maximum atomic E-state index is 5.33. The number of anilines is 1. The van der Waals surface area contributed by atoms with Gasteiger partial charge in [0.25, 0.3) is 0 Å². The van der Waals surface area contributed by atoms with Gasteiger partial charge in [0.15, 0.2) is 5.13 Å². The summed E-state index contributed by atoms with van der Waals surface area (Å²) in [6.45, 7) is 9.69. The van der Waals surface area contributed by atoms with Crippen molar-refractivity contribution in [2.45, 2.75) is 26.8 Å². The monoisotopic (exact) mass is 300 g/mol. The van der Waals surface area contributed by atoms with Crippen LogP contribution < -0.4 is 15.0 Å². The van der Waals surface area contributed by atoms with Gasteiger partial charge in [0.1, 0.15) is 0 Å². The SMILES string of the molecule is CCN(CC)CCCNCc1sc(N(C)C)nc1OC. The molecule has 0 fully saturated rings. The highest BCUT2D eigenvalue weighted by Crippen LogP contribution is 2.30. The molecule has 0 aliphatic rings. The second-order valence-electron chi connectivity index (χ2n) is 4.88. The minimum Gasteiger partial charge on any atom is -0.480 e. The molecule has 1 heterocycles. The Hall–Kier alpha value is -0.850. The fraction of sp³-hybridized carbons (Fsp3) is 0.786. The summed E-state index contributed by atoms with van der Waals surface area (Å²) in [5.41, 5.74) is 0. The molecule has 0 saturated carbocycles. The van der Waals surface area contributed by atoms with Crippen molar-refractivity contribution >= 4 is 16.5 Å². The van der Waals surface area contributed by atoms with Gasteiger partial charge in [0.2, 0.25) is 5.88 Å². The molecule has 20 heavy (non-hydrogen) atoms. The fourth-order valence-electron chi connectivity index (χ4n) is 1.96. The summed E-state index contributed by atoms with van der Waals surface area (Å²) in [6.07, 6.45) is 1.17. The Balaban J connectivity index is 2.34. The number of hydrogen-bond acceptors (Lipinski definition) is 6. The van der Waals surface area contributed by atoms with Crippen molar-refractivity contribution in [2.24, 2.45) is 0 Å². The predicted octanol–water partition coefficient (Wildman–Crippen LogP) is 2.04. The molecule has 5 nitrogen and oxygen atoms in total. The summed E-state index contributed by atoms with van der Waals surface area (Å²) in [7, 11) is 5.68. The number of hydrogen-bond donors (Lipinski definition) is 1. The lowest BCUT2D eigenvalue weighted by atomic mass is 10.3. The molecule has 0 aliphatic carbocycles. The Morgan fingerprint density at radius 1 is 1.25 bits per heavy atom. The van der Waals surface area contributed by atoms with Crippen molar-refractivity contribution in [2.75, 3.05) is 52.3 Å². The summed E-state index contributed by atoms with van der Waals surface area (Å²) in [5.74, 6) is 0.745. The van der Waals surface area contributed by atoms with Gasteiger partial charge in [-0.25, -0.2) is 0 Å². The average molecular weight is 300 g/mol. The van der Waals surface area contributed by atoms with Crippen LogP contribution in [0.3, 0.4) is 0 Å². The van der Waals surface area contributed by atoms with Crippen molar-refractivity contribution in [3.8, 4) is 5.88 Å². The molecule has 0 atom stereocenters. The van der Waals surface area contributed by atoms with Crippen LogP contribution in [-0.2, 0) is 6.54 Å². The van der Waals surface area contributed by atoms with Crippen molar-refractivity contribution in [3.63, 3.8) is 0 Å². The molecule has 6 heteroatoms. The number of nitrogens with one attached hydrogen (secondary N) is 1. The molecular weight excluding hydrogens is 272 g/mol. The molecule has 0 unspecified atom stereocenters. The van der Waals surface area contributed by atoms with Crippen LogP contribution in [0, 0.1) is 0 Å². The van der Waals surface area contributed by atoms with Crippen LogP contribution in [0.1, 0.15) is 25.1 Å². The Kier molecular flexibility index (Phi) is 7.87. The lowest BCUT2D eigenvalue weighted by Crippen LogP contribution is -2.27. The van der Waals surface area contributed by atoms with Gasteiger partial charge in [-0.1, -0.05) is 25.2 Å². The van der Waals surface area contributed by atoms with Crippen LogP contribution in [0.5, 0.6) is 5.88 Å². The Labute approximate surface area is 126 Å². The van der Waals surface area contributed by atoms with E-state index in [1.165, 1.54) is 11.3 Å². The maximum Gasteiger partial charge on any atom is 0.230 e. The minimum atomic E-state index is 0.745. The second-order valence-corrected chi connectivity index (χ2v) is 5.94. The van der Waals surface area contributed by atoms with E-state index in [2.05, 4.69) is 29.0 Å². The standard InChI is InChI=1S/C14H28N4OS/c1-6-18(7-2)10-8-9-15-11-12-13(19-5)16-14(20-12)17(3)4/h15H,6-11H2,1-5H3. The predicted molar refractivity (Wildman–Crippen MR) is 87.1 cm³/mol. The summed E-state index contributed by atoms with van der Waals surface area (Å²) < 4.78 is 5.33. The first-order chi connectivity index (χ1) is 9.62. The topological polar surface area (TPSA) is 40.6 Å². The highest BCUT2D eigenvalue weighted by Gasteiger charge is 2.12. The highest BCUT2D eigenvalue weighted by molar-refractivity contribution is 7.15. The molecule has 0 bridgehead atoms. The minimum absolute atomic E-state index is 0.745. The summed E-state index contributed by atoms with van der Waals surface area (Å²) in [5, 5.41) is 4.47. The summed E-state index contributed by atoms with van der Waals surface area (Å²) >= 11 is 1.68. The van der Waals surface area contributed by atoms with Gasteiger partial charge in [-0.3, -0.25) is 0 Å². The summed E-state index contributed by atoms with van der Waals surface area (Å²) in [6, 6.07) is 0. The van der Waals surface area contributed by atoms with E-state index in [4.69, 9.17) is 4.74 Å². The van der Waals surface area contributed by atoms with Crippen molar-refractivity contribution < 1.29 is 4.74 Å². The van der Waals surface area contributed by atoms with E-state index < -0.39 is 0 Å². The first-order valence-corrected chi connectivity index (χ1v) is 8.08. The van der Waals surface area contributed by atoms with Gasteiger partial charge in [-0.15, -0.1) is 0 Å². The van der Waals surface area contributed by atoms with E-state index in [1.54, 1.807) is 18.4 Å². The largest absolute Gasteiger partial charge is 0.480 e. The quantitative estimate of drug-likeness (QED) is 0.670. The van der Waals surface area contributed by atoms with Crippen LogP contribution >= 0.6 is 11.3 Å². The first-order valence-electron chi connectivity index (χ1n) is 7.26. The number of rotatable bonds is 10. The van der Waals surface area contributed by atoms with Crippen LogP contribution in [0.2, 0.25) is 0 Å². The zero-order valence-corrected chi connectivity index (χ0v) is 14.2. The van der Waals surface area contributed by atoms with Gasteiger partial charge in [0, 0.05) is 20.6 Å². The van der Waals surface area contributed by atoms with Crippen LogP contribution in [0.15, 0.2) is 0 Å². The molecule has 1 N–H and O–H groups in total. The summed E-state index contributed by atoms with van der Waals surface area (Å²) in [4.78, 5) is 10.1. The zero-order valence-electron chi connectivity index (χ0n) is 13.4. The van der Waals surface area contributed by atoms with Gasteiger partial charge < -0.3 is 19.9 Å². The third kappa shape index (κ3) is 5.26. The van der Waals surface area contributed by atoms with E-state index in [-0.39, 0.29) is 0 Å². The Bertz CT molecular complexity index is 377. The highest BCUT2D eigenvalue weighted by atomic mass is 32.1. The molecule has 1 rings (SSSR count). The number of ether oxygens (including phenoxy) is 1. The van der Waals surface area contributed by atoms with Gasteiger partial charge in [0.05, 0.1) is 12.0 Å². The van der Waals surface area contributed by atoms with E-state index in [0.29, 0.717) is 0 Å². The smallest absolute Gasteiger partial charge is 0.230 e. The maximum absolute atomic E-state index is 5.33. The third-order valence-corrected chi connectivity index (χ3v) is 4.44. The molecule has 1 aromatic heterocycles. The molecule has 0 aliphatic heterocycles. The molecule has 0 amide bonds. The Morgan fingerprint density at radius 3 is 2.50 bits per heavy atom. The van der Waals surface area contributed by atoms with E-state index >= 15 is 0 Å². The van der Waals surface area contributed by atoms with Crippen molar-refractivity contribution in [1.82, 2.24) is 15.2 Å². The average Bonchev–Trinajstić information content (AvgIpc) is 2.86. The second kappa shape index (κ2) is 9.15. The van der Waals surface area contributed by atoms with Gasteiger partial charge in [-0.2, -0.15) is 4.98 Å². The molecule has 0 spiro atoms.